The second kappa shape index (κ2) is 8.42. The number of aromatic amines is 1. The Labute approximate surface area is 110 Å². The van der Waals surface area contributed by atoms with Crippen molar-refractivity contribution in [1.82, 2.24) is 9.97 Å². The molecule has 0 unspecified atom stereocenters. The minimum Gasteiger partial charge on any atom is -0.374 e. The molecule has 0 saturated heterocycles. The highest BCUT2D eigenvalue weighted by molar-refractivity contribution is 6.60. The van der Waals surface area contributed by atoms with Crippen molar-refractivity contribution in [2.75, 3.05) is 19.8 Å². The standard InChI is InChI=1S/C12H24N2O3Si/c1-4-15-18(16-5-2,17-6-3)9-7-8-12-10-13-11-14-12/h10-11H,4-9H2,1-3H3,(H,13,14). The van der Waals surface area contributed by atoms with Gasteiger partial charge in [-0.15, -0.1) is 0 Å². The van der Waals surface area contributed by atoms with Gasteiger partial charge < -0.3 is 18.3 Å². The number of rotatable bonds is 10. The number of hydrogen-bond acceptors (Lipinski definition) is 4. The van der Waals surface area contributed by atoms with Crippen LogP contribution in [-0.4, -0.2) is 38.6 Å². The Morgan fingerprint density at radius 1 is 1.11 bits per heavy atom. The van der Waals surface area contributed by atoms with E-state index in [1.165, 1.54) is 0 Å². The SMILES string of the molecule is CCO[Si](CCCc1c[nH]cn1)(OCC)OCC. The molecule has 0 spiro atoms. The first-order chi connectivity index (χ1) is 8.76. The average Bonchev–Trinajstić information content (AvgIpc) is 2.83. The predicted molar refractivity (Wildman–Crippen MR) is 72.3 cm³/mol. The fourth-order valence-corrected chi connectivity index (χ4v) is 4.53. The monoisotopic (exact) mass is 272 g/mol. The van der Waals surface area contributed by atoms with Crippen molar-refractivity contribution in [3.8, 4) is 0 Å². The number of nitrogens with zero attached hydrogens (tertiary/aromatic N) is 1. The predicted octanol–water partition coefficient (Wildman–Crippen LogP) is 2.39. The van der Waals surface area contributed by atoms with Crippen molar-refractivity contribution < 1.29 is 13.3 Å². The maximum absolute atomic E-state index is 5.80. The van der Waals surface area contributed by atoms with E-state index < -0.39 is 8.80 Å². The van der Waals surface area contributed by atoms with Crippen molar-refractivity contribution in [2.45, 2.75) is 39.7 Å². The largest absolute Gasteiger partial charge is 0.500 e. The molecule has 1 rings (SSSR count). The summed E-state index contributed by atoms with van der Waals surface area (Å²) in [6, 6.07) is 0.843. The molecule has 0 aliphatic rings. The van der Waals surface area contributed by atoms with Gasteiger partial charge in [0.1, 0.15) is 0 Å². The highest BCUT2D eigenvalue weighted by atomic mass is 28.4. The zero-order valence-corrected chi connectivity index (χ0v) is 12.6. The maximum Gasteiger partial charge on any atom is 0.500 e. The zero-order chi connectivity index (χ0) is 13.3. The number of aromatic nitrogens is 2. The van der Waals surface area contributed by atoms with E-state index in [0.717, 1.165) is 24.6 Å². The summed E-state index contributed by atoms with van der Waals surface area (Å²) in [5.74, 6) is 0. The average molecular weight is 272 g/mol. The zero-order valence-electron chi connectivity index (χ0n) is 11.6. The van der Waals surface area contributed by atoms with Crippen LogP contribution in [-0.2, 0) is 19.7 Å². The lowest BCUT2D eigenvalue weighted by Crippen LogP contribution is -2.46. The molecule has 104 valence electrons. The molecule has 0 saturated carbocycles. The summed E-state index contributed by atoms with van der Waals surface area (Å²) in [5, 5.41) is 0. The highest BCUT2D eigenvalue weighted by Crippen LogP contribution is 2.19. The molecule has 0 amide bonds. The van der Waals surface area contributed by atoms with E-state index in [-0.39, 0.29) is 0 Å². The van der Waals surface area contributed by atoms with Crippen LogP contribution in [0, 0.1) is 0 Å². The van der Waals surface area contributed by atoms with E-state index in [1.807, 2.05) is 27.0 Å². The summed E-state index contributed by atoms with van der Waals surface area (Å²) in [7, 11) is -2.47. The number of H-pyrrole nitrogens is 1. The van der Waals surface area contributed by atoms with Gasteiger partial charge in [-0.25, -0.2) is 4.98 Å². The molecule has 6 heteroatoms. The normalized spacial score (nSPS) is 11.9. The van der Waals surface area contributed by atoms with Crippen LogP contribution in [0.4, 0.5) is 0 Å². The molecule has 0 aliphatic carbocycles. The molecule has 0 radical (unpaired) electrons. The first kappa shape index (κ1) is 15.4. The van der Waals surface area contributed by atoms with Gasteiger partial charge in [0.25, 0.3) is 0 Å². The quantitative estimate of drug-likeness (QED) is 0.664. The smallest absolute Gasteiger partial charge is 0.374 e. The molecule has 1 N–H and O–H groups in total. The maximum atomic E-state index is 5.80. The van der Waals surface area contributed by atoms with Crippen LogP contribution in [0.1, 0.15) is 32.9 Å². The van der Waals surface area contributed by atoms with Crippen molar-refractivity contribution in [1.29, 1.82) is 0 Å². The van der Waals surface area contributed by atoms with Crippen molar-refractivity contribution in [3.63, 3.8) is 0 Å². The van der Waals surface area contributed by atoms with Gasteiger partial charge in [-0.3, -0.25) is 0 Å². The Morgan fingerprint density at radius 3 is 2.17 bits per heavy atom. The summed E-state index contributed by atoms with van der Waals surface area (Å²) in [4.78, 5) is 7.17. The van der Waals surface area contributed by atoms with E-state index in [4.69, 9.17) is 13.3 Å². The van der Waals surface area contributed by atoms with Crippen LogP contribution >= 0.6 is 0 Å². The van der Waals surface area contributed by atoms with Crippen LogP contribution in [0.15, 0.2) is 12.5 Å². The molecule has 0 atom stereocenters. The molecule has 1 aromatic heterocycles. The van der Waals surface area contributed by atoms with Gasteiger partial charge in [-0.1, -0.05) is 0 Å². The molecule has 1 aromatic rings. The van der Waals surface area contributed by atoms with Crippen molar-refractivity contribution >= 4 is 8.80 Å². The number of imidazole rings is 1. The first-order valence-electron chi connectivity index (χ1n) is 6.65. The fourth-order valence-electron chi connectivity index (χ4n) is 1.91. The molecule has 0 bridgehead atoms. The lowest BCUT2D eigenvalue weighted by molar-refractivity contribution is 0.0708. The molecule has 18 heavy (non-hydrogen) atoms. The Balaban J connectivity index is 2.47. The van der Waals surface area contributed by atoms with Crippen LogP contribution in [0.5, 0.6) is 0 Å². The second-order valence-corrected chi connectivity index (χ2v) is 6.63. The summed E-state index contributed by atoms with van der Waals surface area (Å²) in [6.45, 7) is 7.84. The third-order valence-electron chi connectivity index (χ3n) is 2.56. The minimum absolute atomic E-state index is 0.634. The second-order valence-electron chi connectivity index (χ2n) is 3.90. The van der Waals surface area contributed by atoms with E-state index in [0.29, 0.717) is 19.8 Å². The number of nitrogens with one attached hydrogen (secondary N) is 1. The Bertz CT molecular complexity index is 289. The van der Waals surface area contributed by atoms with Crippen LogP contribution in [0.25, 0.3) is 0 Å². The van der Waals surface area contributed by atoms with Gasteiger partial charge in [-0.05, 0) is 33.6 Å². The van der Waals surface area contributed by atoms with Gasteiger partial charge >= 0.3 is 8.80 Å². The fraction of sp³-hybridized carbons (Fsp3) is 0.750. The topological polar surface area (TPSA) is 56.4 Å². The lowest BCUT2D eigenvalue weighted by Gasteiger charge is -2.28. The Hall–Kier alpha value is -0.693. The van der Waals surface area contributed by atoms with Crippen LogP contribution in [0.3, 0.4) is 0 Å². The van der Waals surface area contributed by atoms with E-state index in [2.05, 4.69) is 9.97 Å². The van der Waals surface area contributed by atoms with Gasteiger partial charge in [0, 0.05) is 32.1 Å². The molecular weight excluding hydrogens is 248 g/mol. The lowest BCUT2D eigenvalue weighted by atomic mass is 10.3. The molecule has 0 aliphatic heterocycles. The van der Waals surface area contributed by atoms with Crippen molar-refractivity contribution in [2.24, 2.45) is 0 Å². The van der Waals surface area contributed by atoms with Gasteiger partial charge in [0.15, 0.2) is 0 Å². The third kappa shape index (κ3) is 4.89. The molecular formula is C12H24N2O3Si. The molecule has 5 nitrogen and oxygen atoms in total. The molecule has 0 fully saturated rings. The third-order valence-corrected chi connectivity index (χ3v) is 5.71. The minimum atomic E-state index is -2.47. The van der Waals surface area contributed by atoms with Gasteiger partial charge in [0.05, 0.1) is 12.0 Å². The first-order valence-corrected chi connectivity index (χ1v) is 8.59. The van der Waals surface area contributed by atoms with Crippen LogP contribution < -0.4 is 0 Å². The summed E-state index contributed by atoms with van der Waals surface area (Å²) in [5.41, 5.74) is 1.07. The molecule has 1 heterocycles. The summed E-state index contributed by atoms with van der Waals surface area (Å²) in [6.07, 6.45) is 5.52. The van der Waals surface area contributed by atoms with Gasteiger partial charge in [0.2, 0.25) is 0 Å². The van der Waals surface area contributed by atoms with E-state index >= 15 is 0 Å². The van der Waals surface area contributed by atoms with E-state index in [9.17, 15) is 0 Å². The highest BCUT2D eigenvalue weighted by Gasteiger charge is 2.39. The Kier molecular flexibility index (Phi) is 7.18. The number of hydrogen-bond donors (Lipinski definition) is 1. The Morgan fingerprint density at radius 2 is 1.72 bits per heavy atom. The molecule has 0 aromatic carbocycles. The summed E-state index contributed by atoms with van der Waals surface area (Å²) < 4.78 is 17.4. The number of aryl methyl sites for hydroxylation is 1. The van der Waals surface area contributed by atoms with Crippen LogP contribution in [0.2, 0.25) is 6.04 Å². The van der Waals surface area contributed by atoms with E-state index in [1.54, 1.807) is 6.33 Å². The van der Waals surface area contributed by atoms with Crippen molar-refractivity contribution in [3.05, 3.63) is 18.2 Å². The van der Waals surface area contributed by atoms with Gasteiger partial charge in [-0.2, -0.15) is 0 Å². The summed E-state index contributed by atoms with van der Waals surface area (Å²) >= 11 is 0.